The minimum atomic E-state index is -0.113. The summed E-state index contributed by atoms with van der Waals surface area (Å²) in [6, 6.07) is 0.460. The topological polar surface area (TPSA) is 54.5 Å². The molecule has 1 aliphatic heterocycles. The average Bonchev–Trinajstić information content (AvgIpc) is 3.20. The first-order valence-electron chi connectivity index (χ1n) is 7.84. The van der Waals surface area contributed by atoms with Gasteiger partial charge < -0.3 is 10.1 Å². The first kappa shape index (κ1) is 14.9. The van der Waals surface area contributed by atoms with Crippen molar-refractivity contribution >= 4 is 17.2 Å². The molecular weight excluding hydrogens is 286 g/mol. The zero-order valence-corrected chi connectivity index (χ0v) is 13.1. The van der Waals surface area contributed by atoms with Gasteiger partial charge in [0.1, 0.15) is 6.04 Å². The van der Waals surface area contributed by atoms with Crippen molar-refractivity contribution in [1.82, 2.24) is 15.2 Å². The van der Waals surface area contributed by atoms with Gasteiger partial charge in [0.2, 0.25) is 5.91 Å². The lowest BCUT2D eigenvalue weighted by atomic mass is 10.1. The molecule has 116 valence electrons. The van der Waals surface area contributed by atoms with E-state index >= 15 is 0 Å². The number of nitrogens with one attached hydrogen (secondary N) is 1. The molecule has 2 aliphatic rings. The molecule has 2 fully saturated rings. The molecular formula is C15H23N3O2S. The predicted molar refractivity (Wildman–Crippen MR) is 82.4 cm³/mol. The van der Waals surface area contributed by atoms with E-state index in [0.717, 1.165) is 24.6 Å². The fourth-order valence-electron chi connectivity index (χ4n) is 3.30. The quantitative estimate of drug-likeness (QED) is 0.894. The molecule has 2 heterocycles. The van der Waals surface area contributed by atoms with Crippen LogP contribution in [0.3, 0.4) is 0 Å². The molecule has 1 aromatic heterocycles. The summed E-state index contributed by atoms with van der Waals surface area (Å²) in [6.07, 6.45) is 7.64. The summed E-state index contributed by atoms with van der Waals surface area (Å²) in [5.41, 5.74) is 0. The van der Waals surface area contributed by atoms with Gasteiger partial charge in [0, 0.05) is 37.1 Å². The van der Waals surface area contributed by atoms with Crippen molar-refractivity contribution in [2.24, 2.45) is 0 Å². The van der Waals surface area contributed by atoms with Crippen molar-refractivity contribution in [1.29, 1.82) is 0 Å². The highest BCUT2D eigenvalue weighted by atomic mass is 32.1. The van der Waals surface area contributed by atoms with E-state index in [1.807, 2.05) is 5.38 Å². The van der Waals surface area contributed by atoms with Crippen molar-refractivity contribution in [2.45, 2.75) is 44.2 Å². The Balaban J connectivity index is 1.51. The molecule has 3 rings (SSSR count). The van der Waals surface area contributed by atoms with Gasteiger partial charge in [-0.2, -0.15) is 0 Å². The van der Waals surface area contributed by atoms with Gasteiger partial charge in [0.15, 0.2) is 0 Å². The van der Waals surface area contributed by atoms with Crippen LogP contribution < -0.4 is 5.32 Å². The number of rotatable bonds is 5. The summed E-state index contributed by atoms with van der Waals surface area (Å²) in [4.78, 5) is 19.0. The number of amides is 1. The van der Waals surface area contributed by atoms with E-state index in [1.165, 1.54) is 25.7 Å². The Bertz CT molecular complexity index is 446. The summed E-state index contributed by atoms with van der Waals surface area (Å²) < 4.78 is 5.53. The molecule has 0 bridgehead atoms. The van der Waals surface area contributed by atoms with E-state index in [4.69, 9.17) is 4.74 Å². The number of hydrogen-bond donors (Lipinski definition) is 1. The third-order valence-corrected chi connectivity index (χ3v) is 5.23. The minimum Gasteiger partial charge on any atom is -0.378 e. The van der Waals surface area contributed by atoms with Gasteiger partial charge in [0.05, 0.1) is 18.2 Å². The Morgan fingerprint density at radius 2 is 2.33 bits per heavy atom. The Hall–Kier alpha value is -0.980. The van der Waals surface area contributed by atoms with Crippen LogP contribution >= 0.6 is 11.3 Å². The first-order valence-corrected chi connectivity index (χ1v) is 8.72. The van der Waals surface area contributed by atoms with Gasteiger partial charge in [0.25, 0.3) is 0 Å². The van der Waals surface area contributed by atoms with Gasteiger partial charge in [-0.25, -0.2) is 4.98 Å². The monoisotopic (exact) mass is 309 g/mol. The Labute approximate surface area is 129 Å². The van der Waals surface area contributed by atoms with Gasteiger partial charge in [-0.1, -0.05) is 12.8 Å². The standard InChI is InChI=1S/C15H23N3O2S/c19-15(17-6-5-14-16-7-10-21-14)13-11-20-9-8-18(13)12-3-1-2-4-12/h7,10,12-13H,1-6,8-9,11H2,(H,17,19)/t13-/m1/s1. The summed E-state index contributed by atoms with van der Waals surface area (Å²) in [5.74, 6) is 0.109. The normalized spacial score (nSPS) is 24.3. The molecule has 1 aromatic rings. The second-order valence-corrected chi connectivity index (χ2v) is 6.71. The summed E-state index contributed by atoms with van der Waals surface area (Å²) >= 11 is 1.63. The molecule has 1 N–H and O–H groups in total. The summed E-state index contributed by atoms with van der Waals surface area (Å²) in [5, 5.41) is 6.09. The van der Waals surface area contributed by atoms with Crippen LogP contribution in [0.4, 0.5) is 0 Å². The highest BCUT2D eigenvalue weighted by Crippen LogP contribution is 2.26. The van der Waals surface area contributed by atoms with Gasteiger partial charge >= 0.3 is 0 Å². The van der Waals surface area contributed by atoms with Crippen LogP contribution in [-0.2, 0) is 16.0 Å². The predicted octanol–water partition coefficient (Wildman–Crippen LogP) is 1.45. The van der Waals surface area contributed by atoms with E-state index in [9.17, 15) is 4.79 Å². The van der Waals surface area contributed by atoms with E-state index in [2.05, 4.69) is 15.2 Å². The molecule has 1 atom stereocenters. The van der Waals surface area contributed by atoms with Gasteiger partial charge in [-0.3, -0.25) is 9.69 Å². The number of aromatic nitrogens is 1. The van der Waals surface area contributed by atoms with Crippen LogP contribution in [0.25, 0.3) is 0 Å². The van der Waals surface area contributed by atoms with Crippen molar-refractivity contribution < 1.29 is 9.53 Å². The second kappa shape index (κ2) is 7.33. The largest absolute Gasteiger partial charge is 0.378 e. The van der Waals surface area contributed by atoms with Crippen LogP contribution in [0.5, 0.6) is 0 Å². The van der Waals surface area contributed by atoms with Crippen molar-refractivity contribution in [2.75, 3.05) is 26.3 Å². The van der Waals surface area contributed by atoms with Crippen LogP contribution in [0.15, 0.2) is 11.6 Å². The van der Waals surface area contributed by atoms with Crippen molar-refractivity contribution in [3.63, 3.8) is 0 Å². The SMILES string of the molecule is O=C(NCCc1nccs1)[C@H]1COCCN1C1CCCC1. The Kier molecular flexibility index (Phi) is 5.22. The summed E-state index contributed by atoms with van der Waals surface area (Å²) in [7, 11) is 0. The maximum absolute atomic E-state index is 12.4. The van der Waals surface area contributed by atoms with Gasteiger partial charge in [-0.05, 0) is 12.8 Å². The fraction of sp³-hybridized carbons (Fsp3) is 0.733. The Morgan fingerprint density at radius 3 is 3.10 bits per heavy atom. The van der Waals surface area contributed by atoms with Crippen LogP contribution in [0, 0.1) is 0 Å². The molecule has 21 heavy (non-hydrogen) atoms. The molecule has 1 amide bonds. The highest BCUT2D eigenvalue weighted by Gasteiger charge is 2.35. The molecule has 1 saturated heterocycles. The lowest BCUT2D eigenvalue weighted by molar-refractivity contribution is -0.134. The zero-order chi connectivity index (χ0) is 14.5. The number of carbonyl (C=O) groups is 1. The maximum Gasteiger partial charge on any atom is 0.239 e. The molecule has 1 saturated carbocycles. The third kappa shape index (κ3) is 3.81. The van der Waals surface area contributed by atoms with E-state index in [0.29, 0.717) is 19.2 Å². The molecule has 0 unspecified atom stereocenters. The molecule has 0 spiro atoms. The van der Waals surface area contributed by atoms with Crippen molar-refractivity contribution in [3.05, 3.63) is 16.6 Å². The minimum absolute atomic E-state index is 0.109. The number of carbonyl (C=O) groups excluding carboxylic acids is 1. The molecule has 1 aliphatic carbocycles. The number of ether oxygens (including phenoxy) is 1. The highest BCUT2D eigenvalue weighted by molar-refractivity contribution is 7.09. The smallest absolute Gasteiger partial charge is 0.239 e. The molecule has 0 aromatic carbocycles. The molecule has 5 nitrogen and oxygen atoms in total. The maximum atomic E-state index is 12.4. The number of thiazole rings is 1. The third-order valence-electron chi connectivity index (χ3n) is 4.39. The fourth-order valence-corrected chi connectivity index (χ4v) is 3.92. The molecule has 6 heteroatoms. The molecule has 0 radical (unpaired) electrons. The van der Waals surface area contributed by atoms with E-state index in [-0.39, 0.29) is 11.9 Å². The number of hydrogen-bond acceptors (Lipinski definition) is 5. The van der Waals surface area contributed by atoms with Gasteiger partial charge in [-0.15, -0.1) is 11.3 Å². The van der Waals surface area contributed by atoms with E-state index < -0.39 is 0 Å². The zero-order valence-electron chi connectivity index (χ0n) is 12.3. The van der Waals surface area contributed by atoms with Crippen molar-refractivity contribution in [3.8, 4) is 0 Å². The lowest BCUT2D eigenvalue weighted by Crippen LogP contribution is -2.56. The summed E-state index contributed by atoms with van der Waals surface area (Å²) in [6.45, 7) is 2.82. The first-order chi connectivity index (χ1) is 10.3. The van der Waals surface area contributed by atoms with E-state index in [1.54, 1.807) is 17.5 Å². The lowest BCUT2D eigenvalue weighted by Gasteiger charge is -2.38. The number of nitrogens with zero attached hydrogens (tertiary/aromatic N) is 2. The second-order valence-electron chi connectivity index (χ2n) is 5.73. The Morgan fingerprint density at radius 1 is 1.48 bits per heavy atom. The number of morpholine rings is 1. The van der Waals surface area contributed by atoms with Crippen LogP contribution in [-0.4, -0.2) is 54.2 Å². The van der Waals surface area contributed by atoms with Crippen LogP contribution in [0.2, 0.25) is 0 Å². The average molecular weight is 309 g/mol. The van der Waals surface area contributed by atoms with Crippen LogP contribution in [0.1, 0.15) is 30.7 Å².